The number of amides is 1. The van der Waals surface area contributed by atoms with Crippen LogP contribution in [0.3, 0.4) is 0 Å². The number of nitrogen functional groups attached to an aromatic ring is 1. The average Bonchev–Trinajstić information content (AvgIpc) is 2.41. The summed E-state index contributed by atoms with van der Waals surface area (Å²) in [7, 11) is 0. The molecular weight excluding hydrogens is 333 g/mol. The molecule has 4 nitrogen and oxygen atoms in total. The number of hydrogen-bond donors (Lipinski definition) is 2. The fraction of sp³-hybridized carbons (Fsp3) is 0.588. The number of carbonyl (C=O) groups is 1. The minimum atomic E-state index is -0.0302. The van der Waals surface area contributed by atoms with Crippen molar-refractivity contribution in [1.82, 2.24) is 10.2 Å². The maximum Gasteiger partial charge on any atom is 0.251 e. The van der Waals surface area contributed by atoms with Crippen molar-refractivity contribution >= 4 is 36.4 Å². The van der Waals surface area contributed by atoms with E-state index < -0.39 is 0 Å². The number of piperidine rings is 1. The largest absolute Gasteiger partial charge is 0.399 e. The number of likely N-dealkylation sites (tertiary alicyclic amines) is 1. The molecule has 0 aromatic heterocycles. The molecule has 6 heteroatoms. The van der Waals surface area contributed by atoms with Gasteiger partial charge < -0.3 is 16.0 Å². The van der Waals surface area contributed by atoms with Gasteiger partial charge in [0.1, 0.15) is 0 Å². The van der Waals surface area contributed by atoms with Crippen LogP contribution in [-0.4, -0.2) is 36.5 Å². The maximum atomic E-state index is 12.3. The fourth-order valence-electron chi connectivity index (χ4n) is 3.07. The summed E-state index contributed by atoms with van der Waals surface area (Å²) in [4.78, 5) is 14.8. The quantitative estimate of drug-likeness (QED) is 0.809. The van der Waals surface area contributed by atoms with Crippen molar-refractivity contribution < 1.29 is 4.79 Å². The highest BCUT2D eigenvalue weighted by Crippen LogP contribution is 2.16. The highest BCUT2D eigenvalue weighted by Gasteiger charge is 2.19. The number of anilines is 1. The summed E-state index contributed by atoms with van der Waals surface area (Å²) in [6.45, 7) is 9.49. The molecule has 1 aromatic carbocycles. The predicted molar refractivity (Wildman–Crippen MR) is 102 cm³/mol. The van der Waals surface area contributed by atoms with Gasteiger partial charge >= 0.3 is 0 Å². The lowest BCUT2D eigenvalue weighted by molar-refractivity contribution is 0.0919. The van der Waals surface area contributed by atoms with E-state index in [1.54, 1.807) is 6.07 Å². The SMILES string of the molecule is Cc1ccc(N)cc1C(=O)NC(C)CN1CCCC(C)C1.Cl.Cl. The fourth-order valence-corrected chi connectivity index (χ4v) is 3.07. The van der Waals surface area contributed by atoms with Crippen LogP contribution in [0.1, 0.15) is 42.6 Å². The first-order valence-corrected chi connectivity index (χ1v) is 7.85. The third-order valence-electron chi connectivity index (χ3n) is 4.16. The van der Waals surface area contributed by atoms with Gasteiger partial charge in [0.25, 0.3) is 5.91 Å². The van der Waals surface area contributed by atoms with E-state index in [0.29, 0.717) is 11.3 Å². The molecule has 23 heavy (non-hydrogen) atoms. The van der Waals surface area contributed by atoms with Crippen molar-refractivity contribution in [1.29, 1.82) is 0 Å². The lowest BCUT2D eigenvalue weighted by Crippen LogP contribution is -2.45. The Balaban J connectivity index is 0.00000242. The minimum absolute atomic E-state index is 0. The van der Waals surface area contributed by atoms with Crippen LogP contribution in [0.15, 0.2) is 18.2 Å². The number of nitrogens with two attached hydrogens (primary N) is 1. The molecule has 0 spiro atoms. The molecule has 0 bridgehead atoms. The van der Waals surface area contributed by atoms with E-state index in [4.69, 9.17) is 5.73 Å². The van der Waals surface area contributed by atoms with Crippen LogP contribution in [0, 0.1) is 12.8 Å². The Morgan fingerprint density at radius 1 is 1.43 bits per heavy atom. The van der Waals surface area contributed by atoms with E-state index in [1.807, 2.05) is 19.1 Å². The summed E-state index contributed by atoms with van der Waals surface area (Å²) in [6.07, 6.45) is 2.58. The topological polar surface area (TPSA) is 58.4 Å². The number of hydrogen-bond acceptors (Lipinski definition) is 3. The van der Waals surface area contributed by atoms with Crippen LogP contribution in [-0.2, 0) is 0 Å². The Morgan fingerprint density at radius 2 is 2.13 bits per heavy atom. The van der Waals surface area contributed by atoms with Gasteiger partial charge in [0, 0.05) is 30.4 Å². The first-order chi connectivity index (χ1) is 9.95. The molecule has 1 aliphatic rings. The Hall–Kier alpha value is -0.970. The zero-order chi connectivity index (χ0) is 15.4. The first-order valence-electron chi connectivity index (χ1n) is 7.85. The second-order valence-electron chi connectivity index (χ2n) is 6.46. The van der Waals surface area contributed by atoms with Gasteiger partial charge in [0.2, 0.25) is 0 Å². The van der Waals surface area contributed by atoms with Gasteiger partial charge in [0.05, 0.1) is 0 Å². The van der Waals surface area contributed by atoms with Gasteiger partial charge in [-0.1, -0.05) is 13.0 Å². The average molecular weight is 362 g/mol. The van der Waals surface area contributed by atoms with Gasteiger partial charge in [-0.05, 0) is 56.8 Å². The van der Waals surface area contributed by atoms with E-state index in [2.05, 4.69) is 24.1 Å². The number of aryl methyl sites for hydroxylation is 1. The van der Waals surface area contributed by atoms with Crippen LogP contribution < -0.4 is 11.1 Å². The molecule has 2 rings (SSSR count). The summed E-state index contributed by atoms with van der Waals surface area (Å²) in [5, 5.41) is 3.09. The summed E-state index contributed by atoms with van der Waals surface area (Å²) in [5.74, 6) is 0.732. The molecule has 1 aliphatic heterocycles. The van der Waals surface area contributed by atoms with Crippen LogP contribution in [0.2, 0.25) is 0 Å². The van der Waals surface area contributed by atoms with Crippen molar-refractivity contribution in [3.63, 3.8) is 0 Å². The standard InChI is InChI=1S/C17H27N3O.2ClH/c1-12-5-4-8-20(10-12)11-14(3)19-17(21)16-9-15(18)7-6-13(16)2;;/h6-7,9,12,14H,4-5,8,10-11,18H2,1-3H3,(H,19,21);2*1H. The molecule has 1 aromatic rings. The molecule has 0 saturated carbocycles. The highest BCUT2D eigenvalue weighted by molar-refractivity contribution is 5.96. The van der Waals surface area contributed by atoms with E-state index >= 15 is 0 Å². The lowest BCUT2D eigenvalue weighted by Gasteiger charge is -2.32. The normalized spacial score (nSPS) is 19.2. The second kappa shape index (κ2) is 10.0. The minimum Gasteiger partial charge on any atom is -0.399 e. The monoisotopic (exact) mass is 361 g/mol. The van der Waals surface area contributed by atoms with E-state index in [0.717, 1.165) is 31.1 Å². The third kappa shape index (κ3) is 6.58. The van der Waals surface area contributed by atoms with Gasteiger partial charge in [-0.15, -0.1) is 24.8 Å². The van der Waals surface area contributed by atoms with Gasteiger partial charge in [0.15, 0.2) is 0 Å². The van der Waals surface area contributed by atoms with Crippen molar-refractivity contribution in [2.75, 3.05) is 25.4 Å². The predicted octanol–water partition coefficient (Wildman–Crippen LogP) is 3.27. The molecular formula is C17H29Cl2N3O. The zero-order valence-electron chi connectivity index (χ0n) is 14.2. The van der Waals surface area contributed by atoms with Crippen LogP contribution in [0.25, 0.3) is 0 Å². The van der Waals surface area contributed by atoms with Crippen molar-refractivity contribution in [3.8, 4) is 0 Å². The van der Waals surface area contributed by atoms with Crippen molar-refractivity contribution in [2.45, 2.75) is 39.7 Å². The highest BCUT2D eigenvalue weighted by atomic mass is 35.5. The molecule has 2 unspecified atom stereocenters. The van der Waals surface area contributed by atoms with Crippen molar-refractivity contribution in [2.24, 2.45) is 5.92 Å². The number of rotatable bonds is 4. The number of nitrogens with one attached hydrogen (secondary N) is 1. The second-order valence-corrected chi connectivity index (χ2v) is 6.46. The molecule has 0 aliphatic carbocycles. The molecule has 0 radical (unpaired) electrons. The Kier molecular flexibility index (Phi) is 9.59. The number of carbonyl (C=O) groups excluding carboxylic acids is 1. The first kappa shape index (κ1) is 22.0. The molecule has 1 heterocycles. The number of nitrogens with zero attached hydrogens (tertiary/aromatic N) is 1. The van der Waals surface area contributed by atoms with Crippen LogP contribution >= 0.6 is 24.8 Å². The third-order valence-corrected chi connectivity index (χ3v) is 4.16. The smallest absolute Gasteiger partial charge is 0.251 e. The van der Waals surface area contributed by atoms with Crippen LogP contribution in [0.5, 0.6) is 0 Å². The van der Waals surface area contributed by atoms with Crippen LogP contribution in [0.4, 0.5) is 5.69 Å². The van der Waals surface area contributed by atoms with Crippen molar-refractivity contribution in [3.05, 3.63) is 29.3 Å². The Morgan fingerprint density at radius 3 is 2.78 bits per heavy atom. The summed E-state index contributed by atoms with van der Waals surface area (Å²) in [6, 6.07) is 5.61. The summed E-state index contributed by atoms with van der Waals surface area (Å²) >= 11 is 0. The maximum absolute atomic E-state index is 12.3. The molecule has 132 valence electrons. The molecule has 1 amide bonds. The molecule has 3 N–H and O–H groups in total. The Bertz CT molecular complexity index is 511. The van der Waals surface area contributed by atoms with E-state index in [9.17, 15) is 4.79 Å². The summed E-state index contributed by atoms with van der Waals surface area (Å²) < 4.78 is 0. The lowest BCUT2D eigenvalue weighted by atomic mass is 10.00. The Labute approximate surface area is 152 Å². The van der Waals surface area contributed by atoms with E-state index in [-0.39, 0.29) is 36.8 Å². The zero-order valence-corrected chi connectivity index (χ0v) is 15.8. The summed E-state index contributed by atoms with van der Waals surface area (Å²) in [5.41, 5.74) is 8.03. The molecule has 1 fully saturated rings. The molecule has 2 atom stereocenters. The van der Waals surface area contributed by atoms with Gasteiger partial charge in [-0.2, -0.15) is 0 Å². The molecule has 1 saturated heterocycles. The van der Waals surface area contributed by atoms with Gasteiger partial charge in [-0.3, -0.25) is 4.79 Å². The number of benzene rings is 1. The van der Waals surface area contributed by atoms with E-state index in [1.165, 1.54) is 12.8 Å². The van der Waals surface area contributed by atoms with Gasteiger partial charge in [-0.25, -0.2) is 0 Å². The number of halogens is 2.